The number of ether oxygens (including phenoxy) is 1. The number of hydrogen-bond acceptors (Lipinski definition) is 3. The molecule has 2 atom stereocenters. The van der Waals surface area contributed by atoms with Crippen LogP contribution in [0.2, 0.25) is 0 Å². The Morgan fingerprint density at radius 3 is 2.41 bits per heavy atom. The van der Waals surface area contributed by atoms with Gasteiger partial charge in [0, 0.05) is 6.42 Å². The molecule has 0 aromatic heterocycles. The van der Waals surface area contributed by atoms with E-state index in [0.29, 0.717) is 17.7 Å². The zero-order valence-electron chi connectivity index (χ0n) is 13.5. The van der Waals surface area contributed by atoms with E-state index in [2.05, 4.69) is 11.3 Å². The zero-order valence-corrected chi connectivity index (χ0v) is 14.3. The number of nitrogens with zero attached hydrogens (tertiary/aromatic N) is 1. The van der Waals surface area contributed by atoms with Gasteiger partial charge >= 0.3 is 0 Å². The standard InChI is InChI=1S/C17H27NO3S/c1-16-6-9-17(10-7-16,11-8-16)12-15-18-22(19,20)14-5-3-2-4-13(14)21-15/h13-14H,2-12H2,1H3/t13-,14+,16?,17?/m1/s1. The molecule has 5 heteroatoms. The summed E-state index contributed by atoms with van der Waals surface area (Å²) in [7, 11) is -3.35. The van der Waals surface area contributed by atoms with Gasteiger partial charge in [0.25, 0.3) is 10.0 Å². The Morgan fingerprint density at radius 2 is 1.73 bits per heavy atom. The SMILES string of the molecule is CC12CCC(CC3=NS(=O)(=O)[C@H]4CCCC[C@H]4O3)(CC1)CC2. The Bertz CT molecular complexity index is 570. The highest BCUT2D eigenvalue weighted by molar-refractivity contribution is 7.91. The third-order valence-corrected chi connectivity index (χ3v) is 8.61. The molecule has 0 amide bonds. The molecule has 0 aromatic rings. The van der Waals surface area contributed by atoms with Crippen LogP contribution in [-0.4, -0.2) is 25.7 Å². The van der Waals surface area contributed by atoms with Crippen LogP contribution in [0.3, 0.4) is 0 Å². The van der Waals surface area contributed by atoms with Crippen molar-refractivity contribution in [2.24, 2.45) is 15.2 Å². The molecule has 22 heavy (non-hydrogen) atoms. The van der Waals surface area contributed by atoms with Crippen LogP contribution in [0, 0.1) is 10.8 Å². The first kappa shape index (κ1) is 15.0. The van der Waals surface area contributed by atoms with Gasteiger partial charge < -0.3 is 4.74 Å². The smallest absolute Gasteiger partial charge is 0.262 e. The summed E-state index contributed by atoms with van der Waals surface area (Å²) in [6, 6.07) is 0. The quantitative estimate of drug-likeness (QED) is 0.776. The van der Waals surface area contributed by atoms with Crippen molar-refractivity contribution in [2.75, 3.05) is 0 Å². The van der Waals surface area contributed by atoms with Crippen LogP contribution >= 0.6 is 0 Å². The molecule has 4 fully saturated rings. The lowest BCUT2D eigenvalue weighted by Crippen LogP contribution is -2.46. The molecule has 4 aliphatic carbocycles. The van der Waals surface area contributed by atoms with E-state index in [4.69, 9.17) is 4.74 Å². The van der Waals surface area contributed by atoms with Crippen molar-refractivity contribution in [1.29, 1.82) is 0 Å². The van der Waals surface area contributed by atoms with Crippen LogP contribution in [0.15, 0.2) is 4.40 Å². The van der Waals surface area contributed by atoms with Crippen LogP contribution in [0.4, 0.5) is 0 Å². The molecule has 0 N–H and O–H groups in total. The highest BCUT2D eigenvalue weighted by Crippen LogP contribution is 2.58. The fourth-order valence-corrected chi connectivity index (χ4v) is 6.62. The summed E-state index contributed by atoms with van der Waals surface area (Å²) in [5.74, 6) is 0.522. The molecule has 4 saturated carbocycles. The van der Waals surface area contributed by atoms with Crippen LogP contribution in [-0.2, 0) is 14.8 Å². The van der Waals surface area contributed by atoms with Gasteiger partial charge in [-0.15, -0.1) is 4.40 Å². The summed E-state index contributed by atoms with van der Waals surface area (Å²) >= 11 is 0. The summed E-state index contributed by atoms with van der Waals surface area (Å²) < 4.78 is 35.1. The van der Waals surface area contributed by atoms with Crippen LogP contribution < -0.4 is 0 Å². The van der Waals surface area contributed by atoms with Crippen molar-refractivity contribution < 1.29 is 13.2 Å². The fraction of sp³-hybridized carbons (Fsp3) is 0.941. The van der Waals surface area contributed by atoms with Gasteiger partial charge in [0.05, 0.1) is 0 Å². The van der Waals surface area contributed by atoms with E-state index < -0.39 is 10.0 Å². The Hall–Kier alpha value is -0.580. The zero-order chi connectivity index (χ0) is 15.4. The van der Waals surface area contributed by atoms with Gasteiger partial charge in [0.2, 0.25) is 5.90 Å². The van der Waals surface area contributed by atoms with Crippen molar-refractivity contribution in [2.45, 2.75) is 88.9 Å². The molecule has 124 valence electrons. The molecule has 5 aliphatic rings. The van der Waals surface area contributed by atoms with Crippen molar-refractivity contribution >= 4 is 15.9 Å². The maximum atomic E-state index is 12.5. The molecule has 5 rings (SSSR count). The number of hydrogen-bond donors (Lipinski definition) is 0. The summed E-state index contributed by atoms with van der Waals surface area (Å²) in [5, 5.41) is -0.386. The third kappa shape index (κ3) is 2.49. The minimum atomic E-state index is -3.35. The average Bonchev–Trinajstić information content (AvgIpc) is 2.48. The molecule has 4 nitrogen and oxygen atoms in total. The number of rotatable bonds is 2. The lowest BCUT2D eigenvalue weighted by Gasteiger charge is -2.52. The Balaban J connectivity index is 1.55. The Kier molecular flexibility index (Phi) is 3.37. The van der Waals surface area contributed by atoms with Crippen LogP contribution in [0.5, 0.6) is 0 Å². The van der Waals surface area contributed by atoms with Crippen molar-refractivity contribution in [1.82, 2.24) is 0 Å². The van der Waals surface area contributed by atoms with Crippen LogP contribution in [0.25, 0.3) is 0 Å². The van der Waals surface area contributed by atoms with Crippen molar-refractivity contribution in [3.05, 3.63) is 0 Å². The predicted molar refractivity (Wildman–Crippen MR) is 86.3 cm³/mol. The van der Waals surface area contributed by atoms with Gasteiger partial charge in [-0.3, -0.25) is 0 Å². The maximum Gasteiger partial charge on any atom is 0.262 e. The summed E-state index contributed by atoms with van der Waals surface area (Å²) in [6.07, 6.45) is 11.7. The van der Waals surface area contributed by atoms with Crippen LogP contribution in [0.1, 0.15) is 77.6 Å². The van der Waals surface area contributed by atoms with E-state index in [-0.39, 0.29) is 16.8 Å². The second-order valence-corrected chi connectivity index (χ2v) is 10.3. The lowest BCUT2D eigenvalue weighted by molar-refractivity contribution is 0.00219. The van der Waals surface area contributed by atoms with Crippen molar-refractivity contribution in [3.8, 4) is 0 Å². The molecule has 0 radical (unpaired) electrons. The molecule has 0 spiro atoms. The second kappa shape index (κ2) is 4.96. The van der Waals surface area contributed by atoms with E-state index in [0.717, 1.165) is 25.7 Å². The van der Waals surface area contributed by atoms with Gasteiger partial charge in [-0.2, -0.15) is 0 Å². The highest BCUT2D eigenvalue weighted by atomic mass is 32.2. The third-order valence-electron chi connectivity index (χ3n) is 6.84. The first-order valence-corrected chi connectivity index (χ1v) is 10.4. The first-order valence-electron chi connectivity index (χ1n) is 8.89. The molecule has 0 aromatic carbocycles. The van der Waals surface area contributed by atoms with E-state index in [9.17, 15) is 8.42 Å². The largest absolute Gasteiger partial charge is 0.475 e. The van der Waals surface area contributed by atoms with E-state index in [1.54, 1.807) is 0 Å². The van der Waals surface area contributed by atoms with Gasteiger partial charge in [-0.05, 0) is 68.6 Å². The highest BCUT2D eigenvalue weighted by Gasteiger charge is 2.48. The Labute approximate surface area is 133 Å². The molecular weight excluding hydrogens is 298 g/mol. The van der Waals surface area contributed by atoms with Crippen molar-refractivity contribution in [3.63, 3.8) is 0 Å². The maximum absolute atomic E-state index is 12.5. The first-order chi connectivity index (χ1) is 10.4. The van der Waals surface area contributed by atoms with Gasteiger partial charge in [-0.1, -0.05) is 13.3 Å². The number of sulfonamides is 1. The molecular formula is C17H27NO3S. The van der Waals surface area contributed by atoms with Gasteiger partial charge in [0.15, 0.2) is 0 Å². The molecule has 1 heterocycles. The topological polar surface area (TPSA) is 55.7 Å². The predicted octanol–water partition coefficient (Wildman–Crippen LogP) is 3.81. The van der Waals surface area contributed by atoms with Gasteiger partial charge in [-0.25, -0.2) is 8.42 Å². The fourth-order valence-electron chi connectivity index (χ4n) is 5.05. The average molecular weight is 325 g/mol. The molecule has 1 aliphatic heterocycles. The Morgan fingerprint density at radius 1 is 1.09 bits per heavy atom. The van der Waals surface area contributed by atoms with E-state index in [1.807, 2.05) is 0 Å². The molecule has 0 saturated heterocycles. The molecule has 0 unspecified atom stereocenters. The summed E-state index contributed by atoms with van der Waals surface area (Å²) in [5.41, 5.74) is 0.797. The second-order valence-electron chi connectivity index (χ2n) is 8.47. The monoisotopic (exact) mass is 325 g/mol. The lowest BCUT2D eigenvalue weighted by atomic mass is 9.53. The minimum absolute atomic E-state index is 0.139. The summed E-state index contributed by atoms with van der Waals surface area (Å²) in [6.45, 7) is 2.40. The summed E-state index contributed by atoms with van der Waals surface area (Å²) in [4.78, 5) is 0. The van der Waals surface area contributed by atoms with E-state index in [1.165, 1.54) is 38.5 Å². The van der Waals surface area contributed by atoms with E-state index >= 15 is 0 Å². The van der Waals surface area contributed by atoms with Gasteiger partial charge in [0.1, 0.15) is 11.4 Å². The minimum Gasteiger partial charge on any atom is -0.475 e. The normalized spacial score (nSPS) is 46.5. The molecule has 2 bridgehead atoms. The number of fused-ring (bicyclic) bond motifs is 4.